The second kappa shape index (κ2) is 5.54. The van der Waals surface area contributed by atoms with Crippen molar-refractivity contribution in [2.75, 3.05) is 0 Å². The lowest BCUT2D eigenvalue weighted by Crippen LogP contribution is -2.14. The lowest BCUT2D eigenvalue weighted by atomic mass is 10.0. The number of halogens is 3. The van der Waals surface area contributed by atoms with Gasteiger partial charge >= 0.3 is 0 Å². The molecule has 0 radical (unpaired) electrons. The normalized spacial score (nSPS) is 12.4. The van der Waals surface area contributed by atoms with Gasteiger partial charge in [0.05, 0.1) is 0 Å². The molecule has 0 saturated heterocycles. The van der Waals surface area contributed by atoms with Crippen molar-refractivity contribution in [2.24, 2.45) is 5.73 Å². The van der Waals surface area contributed by atoms with E-state index in [2.05, 4.69) is 20.9 Å². The maximum atomic E-state index is 13.1. The zero-order chi connectivity index (χ0) is 13.1. The Morgan fingerprint density at radius 2 is 1.83 bits per heavy atom. The first-order valence-corrected chi connectivity index (χ1v) is 6.16. The predicted octanol–water partition coefficient (Wildman–Crippen LogP) is 3.36. The molecule has 94 valence electrons. The van der Waals surface area contributed by atoms with Gasteiger partial charge in [-0.1, -0.05) is 0 Å². The third kappa shape index (κ3) is 3.34. The molecule has 2 nitrogen and oxygen atoms in total. The zero-order valence-corrected chi connectivity index (χ0v) is 11.0. The van der Waals surface area contributed by atoms with Crippen LogP contribution in [-0.4, -0.2) is 4.98 Å². The molecular weight excluding hydrogens is 302 g/mol. The Balaban J connectivity index is 2.16. The van der Waals surface area contributed by atoms with Crippen LogP contribution in [0.25, 0.3) is 0 Å². The third-order valence-electron chi connectivity index (χ3n) is 2.53. The van der Waals surface area contributed by atoms with Crippen molar-refractivity contribution >= 4 is 15.9 Å². The predicted molar refractivity (Wildman–Crippen MR) is 68.9 cm³/mol. The fraction of sp³-hybridized carbons (Fsp3) is 0.154. The van der Waals surface area contributed by atoms with Gasteiger partial charge in [0, 0.05) is 34.9 Å². The van der Waals surface area contributed by atoms with Gasteiger partial charge in [-0.25, -0.2) is 8.78 Å². The Bertz CT molecular complexity index is 523. The second-order valence-electron chi connectivity index (χ2n) is 3.98. The van der Waals surface area contributed by atoms with Gasteiger partial charge in [-0.15, -0.1) is 0 Å². The molecule has 0 bridgehead atoms. The van der Waals surface area contributed by atoms with Gasteiger partial charge in [0.2, 0.25) is 0 Å². The maximum Gasteiger partial charge on any atom is 0.126 e. The van der Waals surface area contributed by atoms with Gasteiger partial charge in [0.1, 0.15) is 11.6 Å². The van der Waals surface area contributed by atoms with Crippen LogP contribution >= 0.6 is 15.9 Å². The standard InChI is InChI=1S/C13H11BrF2N2/c14-9-1-2-12(18-7-9)6-13(17)8-3-10(15)5-11(16)4-8/h1-5,7,13H,6,17H2. The number of aromatic nitrogens is 1. The molecule has 1 heterocycles. The van der Waals surface area contributed by atoms with Gasteiger partial charge in [0.15, 0.2) is 0 Å². The Morgan fingerprint density at radius 1 is 1.17 bits per heavy atom. The molecule has 0 aliphatic rings. The molecule has 0 spiro atoms. The first kappa shape index (κ1) is 13.1. The van der Waals surface area contributed by atoms with E-state index in [0.29, 0.717) is 12.0 Å². The molecule has 2 rings (SSSR count). The summed E-state index contributed by atoms with van der Waals surface area (Å²) in [5.74, 6) is -1.24. The van der Waals surface area contributed by atoms with Crippen molar-refractivity contribution in [1.82, 2.24) is 4.98 Å². The minimum absolute atomic E-state index is 0.427. The molecule has 2 aromatic rings. The SMILES string of the molecule is NC(Cc1ccc(Br)cn1)c1cc(F)cc(F)c1. The number of benzene rings is 1. The van der Waals surface area contributed by atoms with Gasteiger partial charge < -0.3 is 5.73 Å². The van der Waals surface area contributed by atoms with Crippen LogP contribution in [0.5, 0.6) is 0 Å². The minimum atomic E-state index is -0.621. The van der Waals surface area contributed by atoms with E-state index >= 15 is 0 Å². The Kier molecular flexibility index (Phi) is 4.04. The summed E-state index contributed by atoms with van der Waals surface area (Å²) in [5, 5.41) is 0. The summed E-state index contributed by atoms with van der Waals surface area (Å²) in [6, 6.07) is 6.50. The van der Waals surface area contributed by atoms with Crippen LogP contribution in [0, 0.1) is 11.6 Å². The van der Waals surface area contributed by atoms with Gasteiger partial charge in [-0.05, 0) is 45.8 Å². The van der Waals surface area contributed by atoms with Gasteiger partial charge in [-0.2, -0.15) is 0 Å². The zero-order valence-electron chi connectivity index (χ0n) is 9.41. The topological polar surface area (TPSA) is 38.9 Å². The van der Waals surface area contributed by atoms with Crippen molar-refractivity contribution in [3.05, 3.63) is 63.9 Å². The maximum absolute atomic E-state index is 13.1. The summed E-state index contributed by atoms with van der Waals surface area (Å²) in [7, 11) is 0. The first-order chi connectivity index (χ1) is 8.54. The smallest absolute Gasteiger partial charge is 0.126 e. The number of hydrogen-bond donors (Lipinski definition) is 1. The highest BCUT2D eigenvalue weighted by molar-refractivity contribution is 9.10. The van der Waals surface area contributed by atoms with E-state index in [1.165, 1.54) is 12.1 Å². The monoisotopic (exact) mass is 312 g/mol. The average Bonchev–Trinajstić information content (AvgIpc) is 2.31. The molecule has 0 aliphatic carbocycles. The molecule has 1 aromatic heterocycles. The molecule has 1 atom stereocenters. The number of nitrogens with zero attached hydrogens (tertiary/aromatic N) is 1. The highest BCUT2D eigenvalue weighted by atomic mass is 79.9. The third-order valence-corrected chi connectivity index (χ3v) is 3.00. The molecule has 2 N–H and O–H groups in total. The van der Waals surface area contributed by atoms with Crippen LogP contribution in [0.15, 0.2) is 41.0 Å². The van der Waals surface area contributed by atoms with Gasteiger partial charge in [-0.3, -0.25) is 4.98 Å². The average molecular weight is 313 g/mol. The summed E-state index contributed by atoms with van der Waals surface area (Å²) in [6.45, 7) is 0. The molecule has 5 heteroatoms. The van der Waals surface area contributed by atoms with E-state index in [4.69, 9.17) is 5.73 Å². The summed E-state index contributed by atoms with van der Waals surface area (Å²) < 4.78 is 27.0. The van der Waals surface area contributed by atoms with Crippen molar-refractivity contribution in [3.8, 4) is 0 Å². The van der Waals surface area contributed by atoms with E-state index in [1.807, 2.05) is 12.1 Å². The fourth-order valence-electron chi connectivity index (χ4n) is 1.66. The lowest BCUT2D eigenvalue weighted by molar-refractivity contribution is 0.572. The lowest BCUT2D eigenvalue weighted by Gasteiger charge is -2.12. The Morgan fingerprint density at radius 3 is 2.39 bits per heavy atom. The molecule has 0 amide bonds. The molecule has 1 unspecified atom stereocenters. The van der Waals surface area contributed by atoms with Crippen LogP contribution in [0.2, 0.25) is 0 Å². The highest BCUT2D eigenvalue weighted by Crippen LogP contribution is 2.18. The number of pyridine rings is 1. The number of rotatable bonds is 3. The van der Waals surface area contributed by atoms with Crippen LogP contribution < -0.4 is 5.73 Å². The van der Waals surface area contributed by atoms with E-state index in [9.17, 15) is 8.78 Å². The van der Waals surface area contributed by atoms with Crippen LogP contribution in [-0.2, 0) is 6.42 Å². The second-order valence-corrected chi connectivity index (χ2v) is 4.90. The summed E-state index contributed by atoms with van der Waals surface area (Å²) in [5.41, 5.74) is 7.12. The summed E-state index contributed by atoms with van der Waals surface area (Å²) in [6.07, 6.45) is 2.09. The highest BCUT2D eigenvalue weighted by Gasteiger charge is 2.10. The van der Waals surface area contributed by atoms with E-state index in [-0.39, 0.29) is 0 Å². The molecular formula is C13H11BrF2N2. The Labute approximate surface area is 112 Å². The summed E-state index contributed by atoms with van der Waals surface area (Å²) >= 11 is 3.28. The largest absolute Gasteiger partial charge is 0.324 e. The van der Waals surface area contributed by atoms with E-state index in [1.54, 1.807) is 6.20 Å². The molecule has 0 aliphatic heterocycles. The van der Waals surface area contributed by atoms with Crippen molar-refractivity contribution in [2.45, 2.75) is 12.5 Å². The molecule has 0 saturated carbocycles. The van der Waals surface area contributed by atoms with Crippen molar-refractivity contribution in [1.29, 1.82) is 0 Å². The minimum Gasteiger partial charge on any atom is -0.324 e. The van der Waals surface area contributed by atoms with E-state index in [0.717, 1.165) is 16.2 Å². The number of nitrogens with two attached hydrogens (primary N) is 1. The fourth-order valence-corrected chi connectivity index (χ4v) is 1.89. The first-order valence-electron chi connectivity index (χ1n) is 5.36. The van der Waals surface area contributed by atoms with Gasteiger partial charge in [0.25, 0.3) is 0 Å². The quantitative estimate of drug-likeness (QED) is 0.943. The van der Waals surface area contributed by atoms with E-state index < -0.39 is 17.7 Å². The Hall–Kier alpha value is -1.33. The molecule has 18 heavy (non-hydrogen) atoms. The van der Waals surface area contributed by atoms with Crippen LogP contribution in [0.1, 0.15) is 17.3 Å². The molecule has 0 fully saturated rings. The van der Waals surface area contributed by atoms with Crippen molar-refractivity contribution < 1.29 is 8.78 Å². The number of hydrogen-bond acceptors (Lipinski definition) is 2. The van der Waals surface area contributed by atoms with Crippen molar-refractivity contribution in [3.63, 3.8) is 0 Å². The van der Waals surface area contributed by atoms with Crippen LogP contribution in [0.4, 0.5) is 8.78 Å². The summed E-state index contributed by atoms with van der Waals surface area (Å²) in [4.78, 5) is 4.17. The van der Waals surface area contributed by atoms with Crippen LogP contribution in [0.3, 0.4) is 0 Å². The molecule has 1 aromatic carbocycles.